The van der Waals surface area contributed by atoms with E-state index in [1.165, 1.54) is 0 Å². The average Bonchev–Trinajstić information content (AvgIpc) is 2.01. The summed E-state index contributed by atoms with van der Waals surface area (Å²) < 4.78 is 45.6. The monoisotopic (exact) mass is 223 g/mol. The number of hydrogen-bond donors (Lipinski definition) is 0. The van der Waals surface area contributed by atoms with Gasteiger partial charge in [-0.2, -0.15) is 8.42 Å². The Morgan fingerprint density at radius 3 is 2.29 bits per heavy atom. The van der Waals surface area contributed by atoms with Gasteiger partial charge in [-0.15, -0.1) is 3.89 Å². The largest absolute Gasteiger partial charge is 0.335 e. The second-order valence-electron chi connectivity index (χ2n) is 2.31. The molecule has 0 aliphatic heterocycles. The fourth-order valence-electron chi connectivity index (χ4n) is 0.801. The van der Waals surface area contributed by atoms with E-state index in [-0.39, 0.29) is 0 Å². The molecule has 0 saturated carbocycles. The molecule has 14 heavy (non-hydrogen) atoms. The van der Waals surface area contributed by atoms with Crippen molar-refractivity contribution in [1.29, 1.82) is 0 Å². The van der Waals surface area contributed by atoms with Gasteiger partial charge >= 0.3 is 10.2 Å². The lowest BCUT2D eigenvalue weighted by Gasteiger charge is -1.96. The topological polar surface area (TPSA) is 77.3 Å². The van der Waals surface area contributed by atoms with Crippen molar-refractivity contribution in [2.24, 2.45) is 0 Å². The SMILES string of the molecule is O=[N+]([O-])c1ccc(S(=O)(=O)F)c(F)c1. The number of nitro groups is 1. The third-order valence-corrected chi connectivity index (χ3v) is 2.25. The standard InChI is InChI=1S/C6H3F2NO4S/c7-5-3-4(9(10)11)1-2-6(5)14(8,12)13/h1-3H. The molecule has 0 aliphatic carbocycles. The number of rotatable bonds is 2. The molecule has 1 aromatic carbocycles. The normalized spacial score (nSPS) is 11.3. The molecule has 8 heteroatoms. The summed E-state index contributed by atoms with van der Waals surface area (Å²) in [7, 11) is -5.17. The highest BCUT2D eigenvalue weighted by atomic mass is 32.3. The van der Waals surface area contributed by atoms with Crippen molar-refractivity contribution in [3.63, 3.8) is 0 Å². The van der Waals surface area contributed by atoms with Gasteiger partial charge in [0.1, 0.15) is 4.90 Å². The molecule has 0 atom stereocenters. The predicted molar refractivity (Wildman–Crippen MR) is 41.3 cm³/mol. The molecule has 0 bridgehead atoms. The molecule has 1 aromatic rings. The molecular weight excluding hydrogens is 220 g/mol. The molecular formula is C6H3F2NO4S. The second-order valence-corrected chi connectivity index (χ2v) is 3.63. The summed E-state index contributed by atoms with van der Waals surface area (Å²) in [5.41, 5.74) is -0.644. The van der Waals surface area contributed by atoms with Crippen LogP contribution in [0.15, 0.2) is 23.1 Å². The molecule has 0 radical (unpaired) electrons. The molecule has 0 heterocycles. The van der Waals surface area contributed by atoms with Gasteiger partial charge in [-0.3, -0.25) is 10.1 Å². The molecule has 76 valence electrons. The zero-order valence-corrected chi connectivity index (χ0v) is 7.29. The van der Waals surface area contributed by atoms with Crippen LogP contribution >= 0.6 is 0 Å². The zero-order chi connectivity index (χ0) is 10.9. The maximum atomic E-state index is 12.8. The van der Waals surface area contributed by atoms with Crippen LogP contribution in [0.4, 0.5) is 14.0 Å². The van der Waals surface area contributed by atoms with Crippen molar-refractivity contribution in [3.05, 3.63) is 34.1 Å². The van der Waals surface area contributed by atoms with Crippen molar-refractivity contribution in [1.82, 2.24) is 0 Å². The Labute approximate surface area is 77.3 Å². The highest BCUT2D eigenvalue weighted by Crippen LogP contribution is 2.21. The molecule has 0 N–H and O–H groups in total. The van der Waals surface area contributed by atoms with Gasteiger partial charge < -0.3 is 0 Å². The molecule has 0 aliphatic rings. The number of hydrogen-bond acceptors (Lipinski definition) is 4. The molecule has 0 unspecified atom stereocenters. The summed E-state index contributed by atoms with van der Waals surface area (Å²) >= 11 is 0. The van der Waals surface area contributed by atoms with Crippen LogP contribution in [0.3, 0.4) is 0 Å². The van der Waals surface area contributed by atoms with E-state index in [1.807, 2.05) is 0 Å². The lowest BCUT2D eigenvalue weighted by atomic mass is 10.3. The van der Waals surface area contributed by atoms with Crippen LogP contribution in [0.25, 0.3) is 0 Å². The molecule has 1 rings (SSSR count). The van der Waals surface area contributed by atoms with Gasteiger partial charge in [0.2, 0.25) is 0 Å². The van der Waals surface area contributed by atoms with Crippen LogP contribution in [0, 0.1) is 15.9 Å². The van der Waals surface area contributed by atoms with Crippen LogP contribution < -0.4 is 0 Å². The fraction of sp³-hybridized carbons (Fsp3) is 0. The summed E-state index contributed by atoms with van der Waals surface area (Å²) in [6.45, 7) is 0. The lowest BCUT2D eigenvalue weighted by molar-refractivity contribution is -0.385. The van der Waals surface area contributed by atoms with Crippen LogP contribution in [-0.4, -0.2) is 13.3 Å². The van der Waals surface area contributed by atoms with Crippen LogP contribution in [-0.2, 0) is 10.2 Å². The summed E-state index contributed by atoms with van der Waals surface area (Å²) in [6, 6.07) is 1.55. The Kier molecular flexibility index (Phi) is 2.47. The smallest absolute Gasteiger partial charge is 0.258 e. The van der Waals surface area contributed by atoms with Gasteiger partial charge in [0.15, 0.2) is 5.82 Å². The first-order chi connectivity index (χ1) is 6.32. The molecule has 0 amide bonds. The van der Waals surface area contributed by atoms with E-state index in [2.05, 4.69) is 0 Å². The Hall–Kier alpha value is -1.57. The Morgan fingerprint density at radius 1 is 1.36 bits per heavy atom. The van der Waals surface area contributed by atoms with Crippen molar-refractivity contribution in [3.8, 4) is 0 Å². The highest BCUT2D eigenvalue weighted by molar-refractivity contribution is 7.86. The Bertz CT molecular complexity index is 485. The predicted octanol–water partition coefficient (Wildman–Crippen LogP) is 1.39. The van der Waals surface area contributed by atoms with Crippen LogP contribution in [0.2, 0.25) is 0 Å². The number of nitrogens with zero attached hydrogens (tertiary/aromatic N) is 1. The van der Waals surface area contributed by atoms with Crippen LogP contribution in [0.1, 0.15) is 0 Å². The van der Waals surface area contributed by atoms with Gasteiger partial charge in [0.25, 0.3) is 5.69 Å². The van der Waals surface area contributed by atoms with E-state index in [9.17, 15) is 26.8 Å². The van der Waals surface area contributed by atoms with E-state index in [1.54, 1.807) is 0 Å². The molecule has 5 nitrogen and oxygen atoms in total. The highest BCUT2D eigenvalue weighted by Gasteiger charge is 2.20. The van der Waals surface area contributed by atoms with Gasteiger partial charge in [0.05, 0.1) is 11.0 Å². The average molecular weight is 223 g/mol. The molecule has 0 aromatic heterocycles. The number of benzene rings is 1. The van der Waals surface area contributed by atoms with E-state index >= 15 is 0 Å². The number of nitro benzene ring substituents is 1. The van der Waals surface area contributed by atoms with Gasteiger partial charge in [-0.1, -0.05) is 0 Å². The third kappa shape index (κ3) is 2.02. The van der Waals surface area contributed by atoms with Gasteiger partial charge in [0, 0.05) is 6.07 Å². The second kappa shape index (κ2) is 3.29. The minimum Gasteiger partial charge on any atom is -0.258 e. The van der Waals surface area contributed by atoms with Gasteiger partial charge in [-0.25, -0.2) is 4.39 Å². The third-order valence-electron chi connectivity index (χ3n) is 1.39. The van der Waals surface area contributed by atoms with Crippen molar-refractivity contribution >= 4 is 15.9 Å². The summed E-state index contributed by atoms with van der Waals surface area (Å²) in [5, 5.41) is 10.1. The van der Waals surface area contributed by atoms with E-state index in [0.29, 0.717) is 18.2 Å². The first-order valence-electron chi connectivity index (χ1n) is 3.21. The Morgan fingerprint density at radius 2 is 1.93 bits per heavy atom. The maximum Gasteiger partial charge on any atom is 0.335 e. The quantitative estimate of drug-likeness (QED) is 0.431. The molecule has 0 spiro atoms. The molecule has 0 fully saturated rings. The van der Waals surface area contributed by atoms with Crippen molar-refractivity contribution < 1.29 is 21.6 Å². The van der Waals surface area contributed by atoms with E-state index in [0.717, 1.165) is 0 Å². The minimum absolute atomic E-state index is 0.340. The summed E-state index contributed by atoms with van der Waals surface area (Å²) in [5.74, 6) is -1.48. The first-order valence-corrected chi connectivity index (χ1v) is 4.59. The summed E-state index contributed by atoms with van der Waals surface area (Å²) in [6.07, 6.45) is 0. The lowest BCUT2D eigenvalue weighted by Crippen LogP contribution is -1.98. The maximum absolute atomic E-state index is 12.8. The minimum atomic E-state index is -5.17. The van der Waals surface area contributed by atoms with Crippen molar-refractivity contribution in [2.75, 3.05) is 0 Å². The summed E-state index contributed by atoms with van der Waals surface area (Å²) in [4.78, 5) is 7.99. The van der Waals surface area contributed by atoms with Crippen molar-refractivity contribution in [2.45, 2.75) is 4.90 Å². The van der Waals surface area contributed by atoms with E-state index < -0.39 is 31.5 Å². The zero-order valence-electron chi connectivity index (χ0n) is 6.48. The number of halogens is 2. The van der Waals surface area contributed by atoms with Crippen LogP contribution in [0.5, 0.6) is 0 Å². The fourth-order valence-corrected chi connectivity index (χ4v) is 1.32. The van der Waals surface area contributed by atoms with Gasteiger partial charge in [-0.05, 0) is 6.07 Å². The molecule has 0 saturated heterocycles. The first kappa shape index (κ1) is 10.5. The number of non-ortho nitro benzene ring substituents is 1. The Balaban J connectivity index is 3.35. The van der Waals surface area contributed by atoms with E-state index in [4.69, 9.17) is 0 Å².